The molecular weight excluding hydrogens is 182 g/mol. The van der Waals surface area contributed by atoms with Gasteiger partial charge in [0.2, 0.25) is 0 Å². The highest BCUT2D eigenvalue weighted by atomic mass is 32.2. The summed E-state index contributed by atoms with van der Waals surface area (Å²) in [6.45, 7) is 3.37. The average Bonchev–Trinajstić information content (AvgIpc) is 1.87. The first kappa shape index (κ1) is 13.8. The molecule has 0 aromatic rings. The molecule has 0 fully saturated rings. The van der Waals surface area contributed by atoms with Gasteiger partial charge in [0.1, 0.15) is 6.04 Å². The van der Waals surface area contributed by atoms with Gasteiger partial charge in [-0.2, -0.15) is 0 Å². The summed E-state index contributed by atoms with van der Waals surface area (Å²) in [6, 6.07) is -1.03. The maximum absolute atomic E-state index is 10.9. The van der Waals surface area contributed by atoms with Gasteiger partial charge >= 0.3 is 5.97 Å². The summed E-state index contributed by atoms with van der Waals surface area (Å²) >= 11 is 0. The molecule has 6 heteroatoms. The summed E-state index contributed by atoms with van der Waals surface area (Å²) in [7, 11) is -1.19. The Hall–Kier alpha value is -0.720. The number of carbonyl (C=O) groups is 1. The van der Waals surface area contributed by atoms with Crippen molar-refractivity contribution < 1.29 is 19.6 Å². The van der Waals surface area contributed by atoms with Crippen LogP contribution in [0.2, 0.25) is 0 Å². The van der Waals surface area contributed by atoms with E-state index in [-0.39, 0.29) is 11.2 Å². The van der Waals surface area contributed by atoms with E-state index in [2.05, 4.69) is 6.58 Å². The van der Waals surface area contributed by atoms with Gasteiger partial charge in [-0.1, -0.05) is 6.08 Å². The molecule has 0 saturated carbocycles. The fourth-order valence-electron chi connectivity index (χ4n) is 0.471. The fourth-order valence-corrected chi connectivity index (χ4v) is 1.41. The standard InChI is InChI=1S/C6H11NO3S.H2O/c1-2-3-11(10)4-5(7)6(8)9;/h2,5H,1,3-4,7H2,(H,8,9);1H2/t5-,11?;/m0./s1. The third kappa shape index (κ3) is 6.02. The fraction of sp³-hybridized carbons (Fsp3) is 0.500. The van der Waals surface area contributed by atoms with Crippen LogP contribution < -0.4 is 5.73 Å². The van der Waals surface area contributed by atoms with Crippen molar-refractivity contribution in [2.24, 2.45) is 5.73 Å². The SMILES string of the molecule is C=CCS(=O)C[C@H](N)C(=O)O.O. The molecular formula is C6H13NO4S. The maximum atomic E-state index is 10.9. The van der Waals surface area contributed by atoms with E-state index in [1.807, 2.05) is 0 Å². The number of rotatable bonds is 5. The van der Waals surface area contributed by atoms with Crippen LogP contribution in [0.25, 0.3) is 0 Å². The van der Waals surface area contributed by atoms with E-state index in [0.29, 0.717) is 5.75 Å². The lowest BCUT2D eigenvalue weighted by molar-refractivity contribution is -0.137. The van der Waals surface area contributed by atoms with E-state index >= 15 is 0 Å². The lowest BCUT2D eigenvalue weighted by Gasteiger charge is -2.03. The first-order valence-corrected chi connectivity index (χ1v) is 4.51. The van der Waals surface area contributed by atoms with E-state index in [1.54, 1.807) is 0 Å². The van der Waals surface area contributed by atoms with Gasteiger partial charge in [0.05, 0.1) is 0 Å². The summed E-state index contributed by atoms with van der Waals surface area (Å²) in [6.07, 6.45) is 1.48. The Morgan fingerprint density at radius 2 is 2.25 bits per heavy atom. The zero-order valence-electron chi connectivity index (χ0n) is 6.53. The molecule has 0 aliphatic rings. The Labute approximate surface area is 73.0 Å². The molecule has 0 heterocycles. The van der Waals surface area contributed by atoms with Crippen LogP contribution in [0.4, 0.5) is 0 Å². The van der Waals surface area contributed by atoms with Gasteiger partial charge in [-0.15, -0.1) is 6.58 Å². The first-order valence-electron chi connectivity index (χ1n) is 3.02. The van der Waals surface area contributed by atoms with Crippen LogP contribution in [0, 0.1) is 0 Å². The van der Waals surface area contributed by atoms with E-state index in [0.717, 1.165) is 0 Å². The van der Waals surface area contributed by atoms with Crippen LogP contribution in [0.1, 0.15) is 0 Å². The van der Waals surface area contributed by atoms with Gasteiger partial charge in [-0.25, -0.2) is 0 Å². The zero-order valence-corrected chi connectivity index (χ0v) is 7.34. The smallest absolute Gasteiger partial charge is 0.321 e. The number of carboxylic acids is 1. The molecule has 0 saturated heterocycles. The highest BCUT2D eigenvalue weighted by molar-refractivity contribution is 7.85. The van der Waals surface area contributed by atoms with E-state index in [1.165, 1.54) is 6.08 Å². The number of nitrogens with two attached hydrogens (primary N) is 1. The predicted molar refractivity (Wildman–Crippen MR) is 47.3 cm³/mol. The highest BCUT2D eigenvalue weighted by Gasteiger charge is 2.13. The maximum Gasteiger partial charge on any atom is 0.321 e. The molecule has 5 N–H and O–H groups in total. The molecule has 0 radical (unpaired) electrons. The van der Waals surface area contributed by atoms with Gasteiger partial charge in [0.25, 0.3) is 0 Å². The van der Waals surface area contributed by atoms with E-state index in [9.17, 15) is 9.00 Å². The van der Waals surface area contributed by atoms with Crippen molar-refractivity contribution in [2.75, 3.05) is 11.5 Å². The summed E-state index contributed by atoms with van der Waals surface area (Å²) < 4.78 is 10.9. The van der Waals surface area contributed by atoms with E-state index < -0.39 is 22.8 Å². The molecule has 2 atom stereocenters. The van der Waals surface area contributed by atoms with Crippen LogP contribution in [0.5, 0.6) is 0 Å². The van der Waals surface area contributed by atoms with Gasteiger partial charge in [0, 0.05) is 22.3 Å². The van der Waals surface area contributed by atoms with Crippen LogP contribution in [0.15, 0.2) is 12.7 Å². The minimum Gasteiger partial charge on any atom is -0.480 e. The summed E-state index contributed by atoms with van der Waals surface area (Å²) in [5, 5.41) is 8.31. The van der Waals surface area contributed by atoms with Gasteiger partial charge in [-0.3, -0.25) is 9.00 Å². The molecule has 5 nitrogen and oxygen atoms in total. The van der Waals surface area contributed by atoms with Gasteiger partial charge in [0.15, 0.2) is 0 Å². The zero-order chi connectivity index (χ0) is 8.85. The summed E-state index contributed by atoms with van der Waals surface area (Å²) in [5.41, 5.74) is 5.12. The van der Waals surface area contributed by atoms with Gasteiger partial charge in [-0.05, 0) is 0 Å². The highest BCUT2D eigenvalue weighted by Crippen LogP contribution is 1.87. The molecule has 1 unspecified atom stereocenters. The third-order valence-corrected chi connectivity index (χ3v) is 2.32. The third-order valence-electron chi connectivity index (χ3n) is 0.986. The topological polar surface area (TPSA) is 112 Å². The number of hydrogen-bond acceptors (Lipinski definition) is 3. The number of hydrogen-bond donors (Lipinski definition) is 2. The second-order valence-electron chi connectivity index (χ2n) is 2.01. The monoisotopic (exact) mass is 195 g/mol. The summed E-state index contributed by atoms with van der Waals surface area (Å²) in [5.74, 6) is -0.843. The van der Waals surface area contributed by atoms with Crippen molar-refractivity contribution in [1.29, 1.82) is 0 Å². The second kappa shape index (κ2) is 6.96. The minimum atomic E-state index is -1.19. The Morgan fingerprint density at radius 1 is 1.75 bits per heavy atom. The predicted octanol–water partition coefficient (Wildman–Crippen LogP) is -1.49. The molecule has 0 aromatic heterocycles. The molecule has 0 aliphatic heterocycles. The first-order chi connectivity index (χ1) is 5.07. The van der Waals surface area contributed by atoms with Crippen molar-refractivity contribution in [1.82, 2.24) is 0 Å². The largest absolute Gasteiger partial charge is 0.480 e. The lowest BCUT2D eigenvalue weighted by atomic mass is 10.4. The van der Waals surface area contributed by atoms with Crippen molar-refractivity contribution in [3.63, 3.8) is 0 Å². The van der Waals surface area contributed by atoms with Crippen LogP contribution in [-0.4, -0.2) is 38.3 Å². The molecule has 72 valence electrons. The summed E-state index contributed by atoms with van der Waals surface area (Å²) in [4.78, 5) is 10.2. The van der Waals surface area contributed by atoms with Crippen LogP contribution >= 0.6 is 0 Å². The van der Waals surface area contributed by atoms with Crippen LogP contribution in [-0.2, 0) is 15.6 Å². The normalized spacial score (nSPS) is 14.1. The lowest BCUT2D eigenvalue weighted by Crippen LogP contribution is -2.35. The Kier molecular flexibility index (Phi) is 8.03. The molecule has 0 amide bonds. The molecule has 0 spiro atoms. The van der Waals surface area contributed by atoms with E-state index in [4.69, 9.17) is 10.8 Å². The van der Waals surface area contributed by atoms with Crippen molar-refractivity contribution >= 4 is 16.8 Å². The number of carboxylic acid groups (broad SMARTS) is 1. The van der Waals surface area contributed by atoms with Crippen LogP contribution in [0.3, 0.4) is 0 Å². The molecule has 0 rings (SSSR count). The molecule has 0 bridgehead atoms. The second-order valence-corrected chi connectivity index (χ2v) is 3.55. The molecule has 12 heavy (non-hydrogen) atoms. The molecule has 0 aromatic carbocycles. The average molecular weight is 195 g/mol. The Balaban J connectivity index is 0. The quantitative estimate of drug-likeness (QED) is 0.520. The molecule has 0 aliphatic carbocycles. The Morgan fingerprint density at radius 3 is 2.58 bits per heavy atom. The number of aliphatic carboxylic acids is 1. The van der Waals surface area contributed by atoms with Gasteiger partial charge < -0.3 is 16.3 Å². The van der Waals surface area contributed by atoms with Crippen molar-refractivity contribution in [3.05, 3.63) is 12.7 Å². The van der Waals surface area contributed by atoms with Crippen molar-refractivity contribution in [3.8, 4) is 0 Å². The minimum absolute atomic E-state index is 0. The van der Waals surface area contributed by atoms with Crippen molar-refractivity contribution in [2.45, 2.75) is 6.04 Å². The Bertz CT molecular complexity index is 182.